The van der Waals surface area contributed by atoms with E-state index >= 15 is 0 Å². The molecule has 1 aromatic heterocycles. The van der Waals surface area contributed by atoms with Gasteiger partial charge in [0.2, 0.25) is 0 Å². The van der Waals surface area contributed by atoms with E-state index in [9.17, 15) is 8.42 Å². The van der Waals surface area contributed by atoms with Gasteiger partial charge >= 0.3 is 0 Å². The van der Waals surface area contributed by atoms with E-state index in [4.69, 9.17) is 11.6 Å². The summed E-state index contributed by atoms with van der Waals surface area (Å²) in [6.07, 6.45) is 5.08. The molecule has 1 saturated heterocycles. The molecule has 1 aliphatic rings. The van der Waals surface area contributed by atoms with Gasteiger partial charge in [-0.1, -0.05) is 0 Å². The Morgan fingerprint density at radius 3 is 2.89 bits per heavy atom. The summed E-state index contributed by atoms with van der Waals surface area (Å²) in [6.45, 7) is 1.26. The summed E-state index contributed by atoms with van der Waals surface area (Å²) < 4.78 is 27.2. The highest BCUT2D eigenvalue weighted by atomic mass is 35.5. The molecule has 0 spiro atoms. The minimum absolute atomic E-state index is 0.362. The number of halogens is 1. The molecule has 2 heterocycles. The Balaban J connectivity index is 2.15. The number of alkyl halides is 1. The second-order valence-corrected chi connectivity index (χ2v) is 9.08. The molecule has 1 fully saturated rings. The van der Waals surface area contributed by atoms with Crippen molar-refractivity contribution in [2.24, 2.45) is 0 Å². The lowest BCUT2D eigenvalue weighted by molar-refractivity contribution is 0.425. The third-order valence-corrected chi connectivity index (χ3v) is 8.15. The monoisotopic (exact) mass is 339 g/mol. The molecular weight excluding hydrogens is 322 g/mol. The highest BCUT2D eigenvalue weighted by Crippen LogP contribution is 2.28. The predicted octanol–water partition coefficient (Wildman–Crippen LogP) is 3.39. The molecule has 2 rings (SSSR count). The van der Waals surface area contributed by atoms with Gasteiger partial charge in [-0.25, -0.2) is 8.42 Å². The van der Waals surface area contributed by atoms with Crippen LogP contribution in [0.15, 0.2) is 15.7 Å². The fraction of sp³-hybridized carbons (Fsp3) is 0.667. The largest absolute Gasteiger partial charge is 0.252 e. The molecule has 0 amide bonds. The lowest BCUT2D eigenvalue weighted by atomic mass is 10.2. The topological polar surface area (TPSA) is 37.4 Å². The summed E-state index contributed by atoms with van der Waals surface area (Å²) in [5.74, 6) is 0.362. The van der Waals surface area contributed by atoms with Crippen LogP contribution in [-0.4, -0.2) is 37.3 Å². The van der Waals surface area contributed by atoms with Crippen LogP contribution in [0, 0.1) is 0 Å². The zero-order valence-electron chi connectivity index (χ0n) is 10.8. The quantitative estimate of drug-likeness (QED) is 0.789. The molecule has 7 heteroatoms. The van der Waals surface area contributed by atoms with Gasteiger partial charge in [-0.05, 0) is 42.5 Å². The summed E-state index contributed by atoms with van der Waals surface area (Å²) in [6, 6.07) is 1.70. The molecule has 1 atom stereocenters. The van der Waals surface area contributed by atoms with E-state index in [1.165, 1.54) is 11.3 Å². The van der Waals surface area contributed by atoms with Gasteiger partial charge in [0.05, 0.1) is 0 Å². The third kappa shape index (κ3) is 3.67. The van der Waals surface area contributed by atoms with Gasteiger partial charge in [0, 0.05) is 24.2 Å². The maximum absolute atomic E-state index is 12.6. The van der Waals surface area contributed by atoms with Crippen molar-refractivity contribution in [2.45, 2.75) is 34.6 Å². The van der Waals surface area contributed by atoms with Crippen LogP contribution in [0.25, 0.3) is 0 Å². The van der Waals surface area contributed by atoms with E-state index in [-0.39, 0.29) is 0 Å². The molecule has 0 aromatic carbocycles. The van der Waals surface area contributed by atoms with Gasteiger partial charge in [0.1, 0.15) is 4.21 Å². The Hall–Kier alpha value is 0.250. The Kier molecular flexibility index (Phi) is 5.60. The van der Waals surface area contributed by atoms with Crippen LogP contribution in [0.2, 0.25) is 0 Å². The predicted molar refractivity (Wildman–Crippen MR) is 83.8 cm³/mol. The van der Waals surface area contributed by atoms with Gasteiger partial charge in [-0.15, -0.1) is 22.9 Å². The third-order valence-electron chi connectivity index (χ3n) is 3.35. The number of hydrogen-bond donors (Lipinski definition) is 0. The SMILES string of the molecule is CSC1CCCN(S(=O)(=O)c2cc(CCl)cs2)CC1. The molecule has 108 valence electrons. The smallest absolute Gasteiger partial charge is 0.206 e. The Bertz CT molecular complexity index is 515. The highest BCUT2D eigenvalue weighted by molar-refractivity contribution is 7.99. The van der Waals surface area contributed by atoms with Crippen molar-refractivity contribution in [1.29, 1.82) is 0 Å². The molecule has 19 heavy (non-hydrogen) atoms. The van der Waals surface area contributed by atoms with E-state index in [0.29, 0.717) is 28.4 Å². The molecule has 0 radical (unpaired) electrons. The fourth-order valence-electron chi connectivity index (χ4n) is 2.20. The lowest BCUT2D eigenvalue weighted by Gasteiger charge is -2.19. The van der Waals surface area contributed by atoms with Crippen molar-refractivity contribution in [3.05, 3.63) is 17.0 Å². The summed E-state index contributed by atoms with van der Waals surface area (Å²) in [5.41, 5.74) is 0.877. The second kappa shape index (κ2) is 6.80. The minimum atomic E-state index is -3.32. The average Bonchev–Trinajstić information content (AvgIpc) is 2.76. The number of thioether (sulfide) groups is 1. The lowest BCUT2D eigenvalue weighted by Crippen LogP contribution is -2.31. The summed E-state index contributed by atoms with van der Waals surface area (Å²) in [5, 5.41) is 2.41. The summed E-state index contributed by atoms with van der Waals surface area (Å²) in [4.78, 5) is 0. The van der Waals surface area contributed by atoms with E-state index in [1.807, 2.05) is 17.1 Å². The second-order valence-electron chi connectivity index (χ2n) is 4.60. The molecule has 1 unspecified atom stereocenters. The molecule has 0 aliphatic carbocycles. The van der Waals surface area contributed by atoms with Crippen LogP contribution in [0.3, 0.4) is 0 Å². The Morgan fingerprint density at radius 1 is 1.47 bits per heavy atom. The molecule has 0 bridgehead atoms. The zero-order chi connectivity index (χ0) is 13.9. The maximum Gasteiger partial charge on any atom is 0.252 e. The van der Waals surface area contributed by atoms with Crippen LogP contribution in [0.1, 0.15) is 24.8 Å². The maximum atomic E-state index is 12.6. The van der Waals surface area contributed by atoms with Crippen molar-refractivity contribution < 1.29 is 8.42 Å². The Labute approximate surface area is 128 Å². The normalized spacial score (nSPS) is 22.3. The summed E-state index contributed by atoms with van der Waals surface area (Å²) >= 11 is 8.84. The first kappa shape index (κ1) is 15.6. The molecular formula is C12H18ClNO2S3. The highest BCUT2D eigenvalue weighted by Gasteiger charge is 2.28. The van der Waals surface area contributed by atoms with E-state index in [2.05, 4.69) is 6.26 Å². The van der Waals surface area contributed by atoms with Crippen LogP contribution < -0.4 is 0 Å². The van der Waals surface area contributed by atoms with E-state index in [0.717, 1.165) is 24.8 Å². The van der Waals surface area contributed by atoms with Crippen LogP contribution >= 0.6 is 34.7 Å². The van der Waals surface area contributed by atoms with Gasteiger partial charge in [-0.3, -0.25) is 0 Å². The van der Waals surface area contributed by atoms with Crippen molar-refractivity contribution in [2.75, 3.05) is 19.3 Å². The van der Waals surface area contributed by atoms with E-state index < -0.39 is 10.0 Å². The number of sulfonamides is 1. The van der Waals surface area contributed by atoms with Crippen molar-refractivity contribution in [3.63, 3.8) is 0 Å². The van der Waals surface area contributed by atoms with Crippen LogP contribution in [0.5, 0.6) is 0 Å². The minimum Gasteiger partial charge on any atom is -0.206 e. The van der Waals surface area contributed by atoms with Crippen LogP contribution in [-0.2, 0) is 15.9 Å². The standard InChI is InChI=1S/C12H18ClNO2S3/c1-17-11-3-2-5-14(6-4-11)19(15,16)12-7-10(8-13)9-18-12/h7,9,11H,2-6,8H2,1H3. The molecule has 1 aliphatic heterocycles. The number of nitrogens with zero attached hydrogens (tertiary/aromatic N) is 1. The Morgan fingerprint density at radius 2 is 2.26 bits per heavy atom. The van der Waals surface area contributed by atoms with Crippen LogP contribution in [0.4, 0.5) is 0 Å². The van der Waals surface area contributed by atoms with Gasteiger partial charge in [0.25, 0.3) is 10.0 Å². The number of rotatable bonds is 4. The summed E-state index contributed by atoms with van der Waals surface area (Å²) in [7, 11) is -3.32. The van der Waals surface area contributed by atoms with Gasteiger partial charge in [-0.2, -0.15) is 16.1 Å². The molecule has 0 N–H and O–H groups in total. The molecule has 1 aromatic rings. The zero-order valence-corrected chi connectivity index (χ0v) is 14.0. The fourth-order valence-corrected chi connectivity index (χ4v) is 6.05. The van der Waals surface area contributed by atoms with Crippen molar-refractivity contribution in [1.82, 2.24) is 4.31 Å². The van der Waals surface area contributed by atoms with Gasteiger partial charge < -0.3 is 0 Å². The van der Waals surface area contributed by atoms with Gasteiger partial charge in [0.15, 0.2) is 0 Å². The first-order valence-corrected chi connectivity index (χ1v) is 10.4. The number of hydrogen-bond acceptors (Lipinski definition) is 4. The first-order valence-electron chi connectivity index (χ1n) is 6.24. The van der Waals surface area contributed by atoms with Crippen molar-refractivity contribution in [3.8, 4) is 0 Å². The molecule has 3 nitrogen and oxygen atoms in total. The first-order chi connectivity index (χ1) is 9.07. The number of thiophene rings is 1. The average molecular weight is 340 g/mol. The van der Waals surface area contributed by atoms with Crippen molar-refractivity contribution >= 4 is 44.7 Å². The molecule has 0 saturated carbocycles. The van der Waals surface area contributed by atoms with E-state index in [1.54, 1.807) is 10.4 Å².